The number of aromatic nitrogens is 2. The molecule has 1 aromatic heterocycles. The van der Waals surface area contributed by atoms with Gasteiger partial charge in [0, 0.05) is 6.07 Å². The molecule has 6 heteroatoms. The second kappa shape index (κ2) is 4.21. The number of hydrogen-bond acceptors (Lipinski definition) is 5. The Morgan fingerprint density at radius 3 is 2.74 bits per heavy atom. The summed E-state index contributed by atoms with van der Waals surface area (Å²) in [6.07, 6.45) is 0. The van der Waals surface area contributed by atoms with Crippen LogP contribution in [-0.4, -0.2) is 23.0 Å². The number of nitrogens with zero attached hydrogens (tertiary/aromatic N) is 3. The van der Waals surface area contributed by atoms with Crippen molar-refractivity contribution in [1.29, 1.82) is 5.26 Å². The number of hydrogen-bond donors (Lipinski definition) is 1. The monoisotopic (exact) mass is 256 g/mol. The summed E-state index contributed by atoms with van der Waals surface area (Å²) in [7, 11) is 0. The predicted molar refractivity (Wildman–Crippen MR) is 68.4 cm³/mol. The maximum Gasteiger partial charge on any atom is 0.163 e. The molecule has 1 aliphatic rings. The minimum atomic E-state index is 0.330. The molecule has 2 heterocycles. The summed E-state index contributed by atoms with van der Waals surface area (Å²) in [4.78, 5) is 0. The Labute approximate surface area is 110 Å². The first-order valence-corrected chi connectivity index (χ1v) is 5.86. The van der Waals surface area contributed by atoms with Crippen LogP contribution in [0.4, 0.5) is 5.82 Å². The summed E-state index contributed by atoms with van der Waals surface area (Å²) in [6.45, 7) is 2.82. The van der Waals surface area contributed by atoms with Gasteiger partial charge >= 0.3 is 0 Å². The van der Waals surface area contributed by atoms with Gasteiger partial charge in [-0.2, -0.15) is 10.4 Å². The first-order chi connectivity index (χ1) is 9.20. The fourth-order valence-electron chi connectivity index (χ4n) is 2.04. The van der Waals surface area contributed by atoms with Crippen LogP contribution in [0.25, 0.3) is 5.69 Å². The van der Waals surface area contributed by atoms with E-state index in [1.54, 1.807) is 13.0 Å². The van der Waals surface area contributed by atoms with E-state index in [-0.39, 0.29) is 0 Å². The first kappa shape index (κ1) is 11.4. The molecule has 0 saturated heterocycles. The average molecular weight is 256 g/mol. The van der Waals surface area contributed by atoms with Crippen LogP contribution in [0.1, 0.15) is 11.3 Å². The summed E-state index contributed by atoms with van der Waals surface area (Å²) in [5.74, 6) is 1.70. The molecule has 0 saturated carbocycles. The number of benzene rings is 1. The van der Waals surface area contributed by atoms with Crippen LogP contribution in [0.2, 0.25) is 0 Å². The molecule has 96 valence electrons. The number of nitrogen functional groups attached to an aromatic ring is 1. The maximum absolute atomic E-state index is 9.02. The van der Waals surface area contributed by atoms with Crippen LogP contribution >= 0.6 is 0 Å². The quantitative estimate of drug-likeness (QED) is 0.833. The zero-order valence-corrected chi connectivity index (χ0v) is 10.4. The molecule has 0 atom stereocenters. The highest BCUT2D eigenvalue weighted by Crippen LogP contribution is 2.33. The lowest BCUT2D eigenvalue weighted by molar-refractivity contribution is 0.171. The van der Waals surface area contributed by atoms with E-state index in [4.69, 9.17) is 20.5 Å². The molecule has 2 aromatic rings. The smallest absolute Gasteiger partial charge is 0.163 e. The number of nitrogens with two attached hydrogens (primary N) is 1. The highest BCUT2D eigenvalue weighted by molar-refractivity contribution is 5.58. The summed E-state index contributed by atoms with van der Waals surface area (Å²) >= 11 is 0. The van der Waals surface area contributed by atoms with Crippen molar-refractivity contribution < 1.29 is 9.47 Å². The van der Waals surface area contributed by atoms with Gasteiger partial charge in [0.1, 0.15) is 30.7 Å². The molecule has 1 aromatic carbocycles. The van der Waals surface area contributed by atoms with Crippen molar-refractivity contribution in [3.8, 4) is 23.3 Å². The summed E-state index contributed by atoms with van der Waals surface area (Å²) in [6, 6.07) is 7.50. The van der Waals surface area contributed by atoms with Gasteiger partial charge in [-0.15, -0.1) is 0 Å². The summed E-state index contributed by atoms with van der Waals surface area (Å²) in [5.41, 5.74) is 7.68. The lowest BCUT2D eigenvalue weighted by Crippen LogP contribution is -2.15. The zero-order valence-electron chi connectivity index (χ0n) is 10.4. The lowest BCUT2D eigenvalue weighted by atomic mass is 10.2. The Hall–Kier alpha value is -2.68. The Morgan fingerprint density at radius 2 is 2.05 bits per heavy atom. The molecule has 0 bridgehead atoms. The highest BCUT2D eigenvalue weighted by atomic mass is 16.6. The molecule has 0 unspecified atom stereocenters. The Morgan fingerprint density at radius 1 is 1.32 bits per heavy atom. The minimum absolute atomic E-state index is 0.330. The molecule has 19 heavy (non-hydrogen) atoms. The van der Waals surface area contributed by atoms with Crippen molar-refractivity contribution >= 4 is 5.82 Å². The van der Waals surface area contributed by atoms with Crippen LogP contribution in [0.5, 0.6) is 11.5 Å². The lowest BCUT2D eigenvalue weighted by Gasteiger charge is -2.19. The third kappa shape index (κ3) is 1.76. The molecule has 0 fully saturated rings. The molecule has 2 N–H and O–H groups in total. The van der Waals surface area contributed by atoms with Gasteiger partial charge in [0.2, 0.25) is 0 Å². The van der Waals surface area contributed by atoms with E-state index < -0.39 is 0 Å². The van der Waals surface area contributed by atoms with Gasteiger partial charge in [-0.05, 0) is 19.1 Å². The fraction of sp³-hybridized carbons (Fsp3) is 0.231. The van der Waals surface area contributed by atoms with Crippen LogP contribution in [0.15, 0.2) is 18.2 Å². The second-order valence-electron chi connectivity index (χ2n) is 4.20. The normalized spacial score (nSPS) is 13.1. The van der Waals surface area contributed by atoms with Gasteiger partial charge in [0.15, 0.2) is 11.5 Å². The fourth-order valence-corrected chi connectivity index (χ4v) is 2.04. The first-order valence-electron chi connectivity index (χ1n) is 5.86. The van der Waals surface area contributed by atoms with Gasteiger partial charge in [0.05, 0.1) is 11.4 Å². The molecule has 0 spiro atoms. The molecule has 0 radical (unpaired) electrons. The van der Waals surface area contributed by atoms with Gasteiger partial charge in [-0.1, -0.05) is 0 Å². The molecular weight excluding hydrogens is 244 g/mol. The second-order valence-corrected chi connectivity index (χ2v) is 4.20. The van der Waals surface area contributed by atoms with E-state index in [9.17, 15) is 0 Å². The molecule has 6 nitrogen and oxygen atoms in total. The standard InChI is InChI=1S/C13H12N4O2/c1-8-10(7-14)13(15)17(16-8)9-2-3-11-12(6-9)19-5-4-18-11/h2-3,6H,4-5,15H2,1H3. The van der Waals surface area contributed by atoms with E-state index in [1.807, 2.05) is 12.1 Å². The SMILES string of the molecule is Cc1nn(-c2ccc3c(c2)OCCO3)c(N)c1C#N. The van der Waals surface area contributed by atoms with E-state index in [1.165, 1.54) is 4.68 Å². The van der Waals surface area contributed by atoms with Crippen LogP contribution in [-0.2, 0) is 0 Å². The molecule has 0 amide bonds. The van der Waals surface area contributed by atoms with Crippen molar-refractivity contribution in [3.63, 3.8) is 0 Å². The van der Waals surface area contributed by atoms with Gasteiger partial charge in [-0.25, -0.2) is 4.68 Å². The zero-order chi connectivity index (χ0) is 13.4. The topological polar surface area (TPSA) is 86.1 Å². The summed E-state index contributed by atoms with van der Waals surface area (Å²) in [5, 5.41) is 13.3. The molecular formula is C13H12N4O2. The van der Waals surface area contributed by atoms with Crippen molar-refractivity contribution in [3.05, 3.63) is 29.5 Å². The Bertz CT molecular complexity index is 685. The highest BCUT2D eigenvalue weighted by Gasteiger charge is 2.16. The largest absolute Gasteiger partial charge is 0.486 e. The van der Waals surface area contributed by atoms with Crippen molar-refractivity contribution in [2.75, 3.05) is 18.9 Å². The van der Waals surface area contributed by atoms with Crippen LogP contribution in [0, 0.1) is 18.3 Å². The van der Waals surface area contributed by atoms with Crippen LogP contribution < -0.4 is 15.2 Å². The summed E-state index contributed by atoms with van der Waals surface area (Å²) < 4.78 is 12.5. The Balaban J connectivity index is 2.10. The van der Waals surface area contributed by atoms with Crippen LogP contribution in [0.3, 0.4) is 0 Å². The molecule has 0 aliphatic carbocycles. The number of anilines is 1. The third-order valence-corrected chi connectivity index (χ3v) is 2.98. The minimum Gasteiger partial charge on any atom is -0.486 e. The van der Waals surface area contributed by atoms with Gasteiger partial charge in [0.25, 0.3) is 0 Å². The van der Waals surface area contributed by atoms with Crippen molar-refractivity contribution in [2.24, 2.45) is 0 Å². The van der Waals surface area contributed by atoms with Gasteiger partial charge in [-0.3, -0.25) is 0 Å². The molecule has 1 aliphatic heterocycles. The van der Waals surface area contributed by atoms with Gasteiger partial charge < -0.3 is 15.2 Å². The van der Waals surface area contributed by atoms with E-state index in [0.29, 0.717) is 41.8 Å². The van der Waals surface area contributed by atoms with Crippen molar-refractivity contribution in [1.82, 2.24) is 9.78 Å². The van der Waals surface area contributed by atoms with E-state index in [0.717, 1.165) is 5.69 Å². The number of nitriles is 1. The maximum atomic E-state index is 9.02. The van der Waals surface area contributed by atoms with E-state index in [2.05, 4.69) is 11.2 Å². The average Bonchev–Trinajstić information content (AvgIpc) is 2.73. The number of rotatable bonds is 1. The third-order valence-electron chi connectivity index (χ3n) is 2.98. The van der Waals surface area contributed by atoms with E-state index >= 15 is 0 Å². The number of fused-ring (bicyclic) bond motifs is 1. The predicted octanol–water partition coefficient (Wildman–Crippen LogP) is 1.41. The Kier molecular flexibility index (Phi) is 2.53. The molecule has 3 rings (SSSR count). The number of ether oxygens (including phenoxy) is 2. The number of aryl methyl sites for hydroxylation is 1. The van der Waals surface area contributed by atoms with Crippen molar-refractivity contribution in [2.45, 2.75) is 6.92 Å².